The minimum atomic E-state index is -3.61. The number of hydrogen-bond acceptors (Lipinski definition) is 3. The molecule has 2 rings (SSSR count). The average molecular weight is 317 g/mol. The Morgan fingerprint density at radius 2 is 1.90 bits per heavy atom. The van der Waals surface area contributed by atoms with Crippen LogP contribution in [0.25, 0.3) is 0 Å². The predicted molar refractivity (Wildman–Crippen MR) is 82.2 cm³/mol. The van der Waals surface area contributed by atoms with Crippen LogP contribution in [-0.2, 0) is 10.0 Å². The van der Waals surface area contributed by atoms with E-state index in [0.717, 1.165) is 25.7 Å². The summed E-state index contributed by atoms with van der Waals surface area (Å²) in [6.45, 7) is 4.43. The molecule has 1 saturated carbocycles. The number of nitrogens with one attached hydrogen (secondary N) is 1. The molecule has 1 aromatic rings. The SMILES string of the molecule is CC1(C)CCC(NS(=O)(=O)c2cc(Cl)ccc2N)CC1. The molecular formula is C14H21ClN2O2S. The highest BCUT2D eigenvalue weighted by atomic mass is 35.5. The number of hydrogen-bond donors (Lipinski definition) is 2. The Morgan fingerprint density at radius 1 is 1.30 bits per heavy atom. The van der Waals surface area contributed by atoms with Gasteiger partial charge in [-0.15, -0.1) is 0 Å². The Labute approximate surface area is 125 Å². The molecule has 1 aromatic carbocycles. The molecule has 0 bridgehead atoms. The third-order valence-electron chi connectivity index (χ3n) is 3.93. The summed E-state index contributed by atoms with van der Waals surface area (Å²) in [4.78, 5) is 0.0647. The molecule has 1 aliphatic carbocycles. The van der Waals surface area contributed by atoms with Crippen molar-refractivity contribution in [1.82, 2.24) is 4.72 Å². The lowest BCUT2D eigenvalue weighted by Gasteiger charge is -2.34. The molecule has 0 radical (unpaired) electrons. The zero-order valence-electron chi connectivity index (χ0n) is 11.8. The van der Waals surface area contributed by atoms with Gasteiger partial charge in [0.15, 0.2) is 0 Å². The third kappa shape index (κ3) is 3.65. The molecule has 0 heterocycles. The van der Waals surface area contributed by atoms with Crippen molar-refractivity contribution in [3.63, 3.8) is 0 Å². The van der Waals surface area contributed by atoms with E-state index in [1.165, 1.54) is 12.1 Å². The van der Waals surface area contributed by atoms with E-state index in [2.05, 4.69) is 18.6 Å². The van der Waals surface area contributed by atoms with Gasteiger partial charge in [0.25, 0.3) is 0 Å². The van der Waals surface area contributed by atoms with Gasteiger partial charge < -0.3 is 5.73 Å². The van der Waals surface area contributed by atoms with Gasteiger partial charge in [0.1, 0.15) is 4.90 Å². The van der Waals surface area contributed by atoms with Gasteiger partial charge in [-0.25, -0.2) is 13.1 Å². The summed E-state index contributed by atoms with van der Waals surface area (Å²) >= 11 is 5.86. The van der Waals surface area contributed by atoms with E-state index in [0.29, 0.717) is 10.4 Å². The molecule has 4 nitrogen and oxygen atoms in total. The summed E-state index contributed by atoms with van der Waals surface area (Å²) in [6, 6.07) is 4.47. The smallest absolute Gasteiger partial charge is 0.242 e. The van der Waals surface area contributed by atoms with E-state index in [1.807, 2.05) is 0 Å². The van der Waals surface area contributed by atoms with Gasteiger partial charge in [-0.05, 0) is 49.3 Å². The molecule has 1 aliphatic rings. The van der Waals surface area contributed by atoms with Gasteiger partial charge in [-0.3, -0.25) is 0 Å². The first-order valence-electron chi connectivity index (χ1n) is 6.77. The fourth-order valence-electron chi connectivity index (χ4n) is 2.54. The Bertz CT molecular complexity index is 589. The van der Waals surface area contributed by atoms with Crippen LogP contribution < -0.4 is 10.5 Å². The monoisotopic (exact) mass is 316 g/mol. The summed E-state index contributed by atoms with van der Waals surface area (Å²) in [6.07, 6.45) is 3.75. The quantitative estimate of drug-likeness (QED) is 0.841. The van der Waals surface area contributed by atoms with Crippen molar-refractivity contribution in [1.29, 1.82) is 0 Å². The second-order valence-electron chi connectivity index (χ2n) is 6.24. The number of nitrogen functional groups attached to an aromatic ring is 1. The Balaban J connectivity index is 2.14. The molecule has 6 heteroatoms. The molecule has 3 N–H and O–H groups in total. The molecule has 20 heavy (non-hydrogen) atoms. The number of halogens is 1. The van der Waals surface area contributed by atoms with Gasteiger partial charge in [0.05, 0.1) is 5.69 Å². The Morgan fingerprint density at radius 3 is 2.50 bits per heavy atom. The van der Waals surface area contributed by atoms with Crippen LogP contribution in [0.1, 0.15) is 39.5 Å². The van der Waals surface area contributed by atoms with E-state index in [4.69, 9.17) is 17.3 Å². The fourth-order valence-corrected chi connectivity index (χ4v) is 4.24. The van der Waals surface area contributed by atoms with Crippen molar-refractivity contribution in [3.05, 3.63) is 23.2 Å². The first-order valence-corrected chi connectivity index (χ1v) is 8.63. The molecule has 0 unspecified atom stereocenters. The highest BCUT2D eigenvalue weighted by molar-refractivity contribution is 7.89. The topological polar surface area (TPSA) is 72.2 Å². The van der Waals surface area contributed by atoms with Gasteiger partial charge in [-0.2, -0.15) is 0 Å². The van der Waals surface area contributed by atoms with Crippen molar-refractivity contribution in [3.8, 4) is 0 Å². The first kappa shape index (κ1) is 15.6. The second kappa shape index (κ2) is 5.54. The van der Waals surface area contributed by atoms with Crippen LogP contribution in [-0.4, -0.2) is 14.5 Å². The van der Waals surface area contributed by atoms with Crippen LogP contribution in [0.5, 0.6) is 0 Å². The number of rotatable bonds is 3. The molecule has 0 amide bonds. The predicted octanol–water partition coefficient (Wildman–Crippen LogP) is 3.17. The molecule has 0 atom stereocenters. The van der Waals surface area contributed by atoms with Crippen LogP contribution in [0.15, 0.2) is 23.1 Å². The van der Waals surface area contributed by atoms with Crippen LogP contribution in [0.2, 0.25) is 5.02 Å². The normalized spacial score (nSPS) is 19.9. The van der Waals surface area contributed by atoms with Gasteiger partial charge in [0, 0.05) is 11.1 Å². The lowest BCUT2D eigenvalue weighted by molar-refractivity contribution is 0.218. The van der Waals surface area contributed by atoms with Crippen molar-refractivity contribution in [2.45, 2.75) is 50.5 Å². The highest BCUT2D eigenvalue weighted by Gasteiger charge is 2.30. The largest absolute Gasteiger partial charge is 0.398 e. The van der Waals surface area contributed by atoms with Crippen LogP contribution in [0.4, 0.5) is 5.69 Å². The second-order valence-corrected chi connectivity index (χ2v) is 8.36. The molecular weight excluding hydrogens is 296 g/mol. The van der Waals surface area contributed by atoms with E-state index < -0.39 is 10.0 Å². The summed E-state index contributed by atoms with van der Waals surface area (Å²) in [7, 11) is -3.61. The minimum absolute atomic E-state index is 0.0218. The maximum absolute atomic E-state index is 12.4. The van der Waals surface area contributed by atoms with Crippen molar-refractivity contribution >= 4 is 27.3 Å². The third-order valence-corrected chi connectivity index (χ3v) is 5.74. The van der Waals surface area contributed by atoms with Gasteiger partial charge in [-0.1, -0.05) is 25.4 Å². The van der Waals surface area contributed by atoms with Gasteiger partial charge in [0.2, 0.25) is 10.0 Å². The van der Waals surface area contributed by atoms with E-state index in [-0.39, 0.29) is 16.6 Å². The van der Waals surface area contributed by atoms with E-state index >= 15 is 0 Å². The zero-order chi connectivity index (χ0) is 15.0. The molecule has 0 aromatic heterocycles. The van der Waals surface area contributed by atoms with E-state index in [9.17, 15) is 8.42 Å². The summed E-state index contributed by atoms with van der Waals surface area (Å²) in [5.74, 6) is 0. The molecule has 0 aliphatic heterocycles. The standard InChI is InChI=1S/C14H21ClN2O2S/c1-14(2)7-5-11(6-8-14)17-20(18,19)13-9-10(15)3-4-12(13)16/h3-4,9,11,17H,5-8,16H2,1-2H3. The van der Waals surface area contributed by atoms with Crippen molar-refractivity contribution in [2.75, 3.05) is 5.73 Å². The number of sulfonamides is 1. The molecule has 1 fully saturated rings. The molecule has 112 valence electrons. The maximum atomic E-state index is 12.4. The lowest BCUT2D eigenvalue weighted by atomic mass is 9.76. The highest BCUT2D eigenvalue weighted by Crippen LogP contribution is 2.35. The Kier molecular flexibility index (Phi) is 4.33. The molecule has 0 saturated heterocycles. The van der Waals surface area contributed by atoms with Crippen LogP contribution in [0, 0.1) is 5.41 Å². The van der Waals surface area contributed by atoms with Crippen molar-refractivity contribution in [2.24, 2.45) is 5.41 Å². The van der Waals surface area contributed by atoms with Gasteiger partial charge >= 0.3 is 0 Å². The minimum Gasteiger partial charge on any atom is -0.398 e. The fraction of sp³-hybridized carbons (Fsp3) is 0.571. The lowest BCUT2D eigenvalue weighted by Crippen LogP contribution is -2.39. The van der Waals surface area contributed by atoms with Crippen molar-refractivity contribution < 1.29 is 8.42 Å². The van der Waals surface area contributed by atoms with Crippen LogP contribution in [0.3, 0.4) is 0 Å². The average Bonchev–Trinajstić information content (AvgIpc) is 2.35. The summed E-state index contributed by atoms with van der Waals surface area (Å²) in [5.41, 5.74) is 6.27. The first-order chi connectivity index (χ1) is 9.20. The maximum Gasteiger partial charge on any atom is 0.242 e. The Hall–Kier alpha value is -0.780. The molecule has 0 spiro atoms. The summed E-state index contributed by atoms with van der Waals surface area (Å²) in [5, 5.41) is 0.365. The summed E-state index contributed by atoms with van der Waals surface area (Å²) < 4.78 is 27.5. The number of benzene rings is 1. The van der Waals surface area contributed by atoms with Crippen LogP contribution >= 0.6 is 11.6 Å². The zero-order valence-corrected chi connectivity index (χ0v) is 13.4. The number of anilines is 1. The number of nitrogens with two attached hydrogens (primary N) is 1. The van der Waals surface area contributed by atoms with E-state index in [1.54, 1.807) is 6.07 Å².